The van der Waals surface area contributed by atoms with Crippen molar-refractivity contribution >= 4 is 28.5 Å². The van der Waals surface area contributed by atoms with Gasteiger partial charge in [-0.15, -0.1) is 20.1 Å². The number of tetrazole rings is 1. The molecule has 0 saturated carbocycles. The Kier molecular flexibility index (Phi) is 6.99. The number of hydrogen-bond donors (Lipinski definition) is 6. The third kappa shape index (κ3) is 4.65. The maximum Gasteiger partial charge on any atom is 0.242 e. The van der Waals surface area contributed by atoms with Gasteiger partial charge in [0.15, 0.2) is 0 Å². The summed E-state index contributed by atoms with van der Waals surface area (Å²) in [6.45, 7) is -0.271. The fourth-order valence-electron chi connectivity index (χ4n) is 2.58. The van der Waals surface area contributed by atoms with Crippen molar-refractivity contribution in [3.63, 3.8) is 0 Å². The van der Waals surface area contributed by atoms with Crippen molar-refractivity contribution in [3.8, 4) is 22.5 Å². The molecule has 12 nitrogen and oxygen atoms in total. The van der Waals surface area contributed by atoms with Gasteiger partial charge in [0.05, 0.1) is 40.9 Å². The fraction of sp³-hybridized carbons (Fsp3) is 0.200. The number of pyridine rings is 1. The topological polar surface area (TPSA) is 224 Å². The van der Waals surface area contributed by atoms with E-state index in [1.165, 1.54) is 12.3 Å². The molecule has 0 bridgehead atoms. The number of hydrogen-bond acceptors (Lipinski definition) is 11. The van der Waals surface area contributed by atoms with E-state index < -0.39 is 28.8 Å². The van der Waals surface area contributed by atoms with E-state index in [-0.39, 0.29) is 34.3 Å². The molecular formula is C15H19N9O3S2. The highest BCUT2D eigenvalue weighted by Crippen LogP contribution is 2.38. The summed E-state index contributed by atoms with van der Waals surface area (Å²) < 4.78 is 28.0. The Morgan fingerprint density at radius 2 is 2.03 bits per heavy atom. The van der Waals surface area contributed by atoms with E-state index in [1.807, 2.05) is 0 Å². The summed E-state index contributed by atoms with van der Waals surface area (Å²) in [6.07, 6.45) is 1.53. The first-order valence-electron chi connectivity index (χ1n) is 8.24. The Hall–Kier alpha value is -2.30. The average Bonchev–Trinajstić information content (AvgIpc) is 3.25. The minimum atomic E-state index is -2.06. The number of anilines is 1. The molecule has 3 aromatic rings. The Labute approximate surface area is 171 Å². The summed E-state index contributed by atoms with van der Waals surface area (Å²) in [4.78, 5) is 4.26. The lowest BCUT2D eigenvalue weighted by Gasteiger charge is -2.20. The first-order chi connectivity index (χ1) is 14.0. The summed E-state index contributed by atoms with van der Waals surface area (Å²) in [5, 5.41) is 28.9. The number of H-pyrrole nitrogens is 1. The molecule has 29 heavy (non-hydrogen) atoms. The van der Waals surface area contributed by atoms with Crippen LogP contribution in [0.25, 0.3) is 22.5 Å². The summed E-state index contributed by atoms with van der Waals surface area (Å²) in [5.74, 6) is 0.443. The van der Waals surface area contributed by atoms with Crippen molar-refractivity contribution < 1.29 is 14.2 Å². The van der Waals surface area contributed by atoms with Crippen LogP contribution in [0.4, 0.5) is 5.82 Å². The smallest absolute Gasteiger partial charge is 0.242 e. The lowest BCUT2D eigenvalue weighted by molar-refractivity contribution is 0.259. The first-order valence-corrected chi connectivity index (χ1v) is 10.6. The number of benzene rings is 1. The second-order valence-corrected chi connectivity index (χ2v) is 8.04. The minimum Gasteiger partial charge on any atom is -0.593 e. The molecule has 3 rings (SSSR count). The number of aromatic nitrogens is 5. The van der Waals surface area contributed by atoms with E-state index in [4.69, 9.17) is 16.6 Å². The molecule has 3 atom stereocenters. The van der Waals surface area contributed by atoms with Gasteiger partial charge in [-0.25, -0.2) is 4.98 Å². The summed E-state index contributed by atoms with van der Waals surface area (Å²) in [7, 11) is 0. The molecule has 2 aromatic heterocycles. The lowest BCUT2D eigenvalue weighted by atomic mass is 10.0. The molecule has 3 unspecified atom stereocenters. The van der Waals surface area contributed by atoms with Gasteiger partial charge in [0.25, 0.3) is 0 Å². The number of aromatic amines is 1. The quantitative estimate of drug-likeness (QED) is 0.220. The number of nitrogens with one attached hydrogen (secondary N) is 2. The van der Waals surface area contributed by atoms with Crippen molar-refractivity contribution in [1.29, 1.82) is 0 Å². The molecule has 0 aliphatic heterocycles. The van der Waals surface area contributed by atoms with Crippen LogP contribution in [-0.2, 0) is 22.7 Å². The van der Waals surface area contributed by atoms with Gasteiger partial charge in [-0.05, 0) is 29.0 Å². The highest BCUT2D eigenvalue weighted by Gasteiger charge is 2.34. The minimum absolute atomic E-state index is 0.0518. The molecular weight excluding hydrogens is 418 g/mol. The number of aliphatic hydroxyl groups excluding tert-OH is 1. The second kappa shape index (κ2) is 9.47. The first kappa shape index (κ1) is 21.4. The highest BCUT2D eigenvalue weighted by atomic mass is 32.2. The molecule has 2 heterocycles. The molecule has 0 radical (unpaired) electrons. The van der Waals surface area contributed by atoms with E-state index in [9.17, 15) is 14.2 Å². The zero-order valence-electron chi connectivity index (χ0n) is 15.0. The Balaban J connectivity index is 2.20. The maximum atomic E-state index is 12.9. The van der Waals surface area contributed by atoms with Crippen molar-refractivity contribution in [2.24, 2.45) is 10.9 Å². The zero-order valence-corrected chi connectivity index (χ0v) is 16.6. The largest absolute Gasteiger partial charge is 0.593 e. The van der Waals surface area contributed by atoms with Crippen LogP contribution in [0.15, 0.2) is 40.3 Å². The van der Waals surface area contributed by atoms with Gasteiger partial charge < -0.3 is 25.7 Å². The van der Waals surface area contributed by atoms with E-state index in [0.717, 1.165) is 0 Å². The van der Waals surface area contributed by atoms with Crippen molar-refractivity contribution in [1.82, 2.24) is 30.3 Å². The van der Waals surface area contributed by atoms with Crippen LogP contribution in [0.5, 0.6) is 0 Å². The van der Waals surface area contributed by atoms with Crippen LogP contribution in [0, 0.1) is 0 Å². The predicted octanol–water partition coefficient (Wildman–Crippen LogP) is -1.58. The number of aliphatic hydroxyl groups is 1. The molecule has 14 heteroatoms. The van der Waals surface area contributed by atoms with Crippen LogP contribution >= 0.6 is 0 Å². The Morgan fingerprint density at radius 1 is 1.24 bits per heavy atom. The van der Waals surface area contributed by atoms with Crippen molar-refractivity contribution in [2.75, 3.05) is 18.9 Å². The SMILES string of the molecule is NCC(CO)N[S+]([O-])c1ccc(-c2ccc(N)nc2)c(-c2nn[nH]n2)c1[S+](N)[O-]. The Morgan fingerprint density at radius 3 is 2.59 bits per heavy atom. The number of rotatable bonds is 8. The molecule has 0 spiro atoms. The number of nitrogens with zero attached hydrogens (tertiary/aromatic N) is 4. The van der Waals surface area contributed by atoms with Gasteiger partial charge in [0.2, 0.25) is 15.6 Å². The van der Waals surface area contributed by atoms with Crippen LogP contribution in [0.1, 0.15) is 0 Å². The lowest BCUT2D eigenvalue weighted by Crippen LogP contribution is -2.43. The van der Waals surface area contributed by atoms with Gasteiger partial charge in [0, 0.05) is 24.4 Å². The second-order valence-electron chi connectivity index (χ2n) is 5.82. The van der Waals surface area contributed by atoms with E-state index in [1.54, 1.807) is 18.2 Å². The normalized spacial score (nSPS) is 14.5. The molecule has 0 amide bonds. The summed E-state index contributed by atoms with van der Waals surface area (Å²) >= 11 is -3.93. The molecule has 0 aliphatic rings. The molecule has 9 N–H and O–H groups in total. The van der Waals surface area contributed by atoms with Gasteiger partial charge >= 0.3 is 0 Å². The summed E-state index contributed by atoms with van der Waals surface area (Å²) in [6, 6.07) is 5.87. The van der Waals surface area contributed by atoms with Gasteiger partial charge in [0.1, 0.15) is 5.82 Å². The van der Waals surface area contributed by atoms with Crippen molar-refractivity contribution in [3.05, 3.63) is 30.5 Å². The molecule has 0 aliphatic carbocycles. The number of nitrogens with two attached hydrogens (primary N) is 3. The van der Waals surface area contributed by atoms with Crippen LogP contribution in [-0.4, -0.2) is 59.0 Å². The molecule has 0 saturated heterocycles. The van der Waals surface area contributed by atoms with Gasteiger partial charge in [-0.1, -0.05) is 0 Å². The Bertz CT molecular complexity index is 937. The molecule has 154 valence electrons. The third-order valence-electron chi connectivity index (χ3n) is 3.97. The summed E-state index contributed by atoms with van der Waals surface area (Å²) in [5.41, 5.74) is 12.7. The van der Waals surface area contributed by atoms with Crippen molar-refractivity contribution in [2.45, 2.75) is 15.8 Å². The van der Waals surface area contributed by atoms with Gasteiger partial charge in [-0.2, -0.15) is 5.21 Å². The maximum absolute atomic E-state index is 12.9. The van der Waals surface area contributed by atoms with E-state index >= 15 is 0 Å². The van der Waals surface area contributed by atoms with E-state index in [2.05, 4.69) is 30.3 Å². The predicted molar refractivity (Wildman–Crippen MR) is 107 cm³/mol. The average molecular weight is 438 g/mol. The van der Waals surface area contributed by atoms with Crippen LogP contribution in [0.3, 0.4) is 0 Å². The monoisotopic (exact) mass is 437 g/mol. The van der Waals surface area contributed by atoms with Gasteiger partial charge in [-0.3, -0.25) is 0 Å². The number of nitrogen functional groups attached to an aromatic ring is 1. The highest BCUT2D eigenvalue weighted by molar-refractivity contribution is 7.92. The molecule has 0 fully saturated rings. The fourth-order valence-corrected chi connectivity index (χ4v) is 4.78. The van der Waals surface area contributed by atoms with E-state index in [0.29, 0.717) is 16.9 Å². The zero-order chi connectivity index (χ0) is 21.0. The standard InChI is InChI=1S/C15H19N9O3S2/c16-5-9(7-25)22-29(27)11-3-2-10(8-1-4-12(17)19-6-8)13(14(11)28(18)26)15-20-23-24-21-15/h1-4,6,9,22,25H,5,7,16,18H2,(H2,17,19)(H,20,21,23,24). The molecule has 1 aromatic carbocycles. The van der Waals surface area contributed by atoms with Crippen LogP contribution in [0.2, 0.25) is 0 Å². The van der Waals surface area contributed by atoms with Crippen LogP contribution < -0.4 is 21.3 Å². The third-order valence-corrected chi connectivity index (χ3v) is 6.21.